The molecule has 0 saturated carbocycles. The van der Waals surface area contributed by atoms with Crippen LogP contribution in [0.5, 0.6) is 0 Å². The largest absolute Gasteiger partial charge is 0.330 e. The molecule has 1 aromatic heterocycles. The molecule has 0 atom stereocenters. The van der Waals surface area contributed by atoms with Gasteiger partial charge in [0.05, 0.1) is 9.82 Å². The number of carbonyl (C=O) groups is 1. The third-order valence-electron chi connectivity index (χ3n) is 3.16. The van der Waals surface area contributed by atoms with Crippen LogP contribution in [0.4, 0.5) is 22.2 Å². The molecule has 0 fully saturated rings. The zero-order valence-corrected chi connectivity index (χ0v) is 17.0. The molecule has 2 aromatic carbocycles. The lowest BCUT2D eigenvalue weighted by molar-refractivity contribution is -0.387. The van der Waals surface area contributed by atoms with Crippen LogP contribution in [0, 0.1) is 10.1 Å². The number of nitrogens with one attached hydrogen (secondary N) is 2. The Labute approximate surface area is 170 Å². The standard InChI is InChI=1S/C16H12BrN5O3S2/c1-9(23)18-11-3-2-4-12(8-11)19-15-20-21-16(27-15)26-14-6-5-10(17)7-13(14)22(24)25/h2-8H,1H3,(H,18,23)(H,19,20). The summed E-state index contributed by atoms with van der Waals surface area (Å²) in [5.74, 6) is -0.155. The second-order valence-electron chi connectivity index (χ2n) is 5.23. The van der Waals surface area contributed by atoms with Gasteiger partial charge in [-0.25, -0.2) is 0 Å². The number of hydrogen-bond donors (Lipinski definition) is 2. The van der Waals surface area contributed by atoms with Crippen LogP contribution in [0.25, 0.3) is 0 Å². The first kappa shape index (κ1) is 19.3. The van der Waals surface area contributed by atoms with Crippen molar-refractivity contribution in [2.45, 2.75) is 16.2 Å². The number of nitro benzene ring substituents is 1. The number of amides is 1. The van der Waals surface area contributed by atoms with Gasteiger partial charge in [-0.3, -0.25) is 14.9 Å². The summed E-state index contributed by atoms with van der Waals surface area (Å²) in [6.07, 6.45) is 0. The Hall–Kier alpha value is -2.50. The molecule has 0 spiro atoms. The molecule has 0 aliphatic carbocycles. The fraction of sp³-hybridized carbons (Fsp3) is 0.0625. The van der Waals surface area contributed by atoms with E-state index in [0.717, 1.165) is 5.69 Å². The fourth-order valence-electron chi connectivity index (χ4n) is 2.12. The number of nitro groups is 1. The molecule has 1 heterocycles. The molecule has 0 aliphatic rings. The van der Waals surface area contributed by atoms with Gasteiger partial charge >= 0.3 is 0 Å². The zero-order chi connectivity index (χ0) is 19.4. The van der Waals surface area contributed by atoms with Gasteiger partial charge in [0.15, 0.2) is 4.34 Å². The Morgan fingerprint density at radius 1 is 1.22 bits per heavy atom. The molecule has 138 valence electrons. The quantitative estimate of drug-likeness (QED) is 0.386. The minimum atomic E-state index is -0.430. The van der Waals surface area contributed by atoms with Crippen LogP contribution in [-0.4, -0.2) is 21.0 Å². The highest BCUT2D eigenvalue weighted by atomic mass is 79.9. The summed E-state index contributed by atoms with van der Waals surface area (Å²) >= 11 is 5.69. The van der Waals surface area contributed by atoms with Gasteiger partial charge in [-0.15, -0.1) is 10.2 Å². The van der Waals surface area contributed by atoms with Crippen LogP contribution in [0.3, 0.4) is 0 Å². The second-order valence-corrected chi connectivity index (χ2v) is 8.41. The third kappa shape index (κ3) is 5.25. The van der Waals surface area contributed by atoms with Crippen molar-refractivity contribution in [3.05, 3.63) is 57.1 Å². The van der Waals surface area contributed by atoms with Gasteiger partial charge < -0.3 is 10.6 Å². The molecule has 1 amide bonds. The normalized spacial score (nSPS) is 10.4. The monoisotopic (exact) mass is 465 g/mol. The smallest absolute Gasteiger partial charge is 0.284 e. The van der Waals surface area contributed by atoms with E-state index in [9.17, 15) is 14.9 Å². The molecular formula is C16H12BrN5O3S2. The first-order chi connectivity index (χ1) is 12.9. The van der Waals surface area contributed by atoms with Gasteiger partial charge in [-0.1, -0.05) is 33.3 Å². The van der Waals surface area contributed by atoms with Crippen LogP contribution in [0.15, 0.2) is 56.2 Å². The van der Waals surface area contributed by atoms with Crippen molar-refractivity contribution in [1.82, 2.24) is 10.2 Å². The van der Waals surface area contributed by atoms with E-state index < -0.39 is 4.92 Å². The number of anilines is 3. The number of nitrogens with zero attached hydrogens (tertiary/aromatic N) is 3. The van der Waals surface area contributed by atoms with Gasteiger partial charge in [0.2, 0.25) is 11.0 Å². The summed E-state index contributed by atoms with van der Waals surface area (Å²) in [6.45, 7) is 1.44. The first-order valence-electron chi connectivity index (χ1n) is 7.50. The van der Waals surface area contributed by atoms with Crippen LogP contribution in [0.2, 0.25) is 0 Å². The van der Waals surface area contributed by atoms with E-state index in [0.29, 0.717) is 24.5 Å². The summed E-state index contributed by atoms with van der Waals surface area (Å²) in [5, 5.41) is 25.7. The summed E-state index contributed by atoms with van der Waals surface area (Å²) in [5.41, 5.74) is 1.41. The molecule has 3 aromatic rings. The lowest BCUT2D eigenvalue weighted by atomic mass is 10.3. The molecule has 11 heteroatoms. The zero-order valence-electron chi connectivity index (χ0n) is 13.8. The van der Waals surface area contributed by atoms with Crippen molar-refractivity contribution < 1.29 is 9.72 Å². The van der Waals surface area contributed by atoms with Gasteiger partial charge in [-0.2, -0.15) is 0 Å². The van der Waals surface area contributed by atoms with E-state index in [1.54, 1.807) is 30.3 Å². The molecule has 0 radical (unpaired) electrons. The minimum absolute atomic E-state index is 0.00194. The van der Waals surface area contributed by atoms with E-state index in [-0.39, 0.29) is 11.6 Å². The van der Waals surface area contributed by atoms with Crippen molar-refractivity contribution in [1.29, 1.82) is 0 Å². The Kier molecular flexibility index (Phi) is 6.04. The molecule has 3 rings (SSSR count). The number of hydrogen-bond acceptors (Lipinski definition) is 8. The molecule has 0 saturated heterocycles. The summed E-state index contributed by atoms with van der Waals surface area (Å²) in [4.78, 5) is 22.4. The molecule has 8 nitrogen and oxygen atoms in total. The Morgan fingerprint density at radius 3 is 2.74 bits per heavy atom. The fourth-order valence-corrected chi connectivity index (χ4v) is 4.28. The van der Waals surface area contributed by atoms with Crippen molar-refractivity contribution in [2.24, 2.45) is 0 Å². The van der Waals surface area contributed by atoms with Crippen LogP contribution in [-0.2, 0) is 4.79 Å². The third-order valence-corrected chi connectivity index (χ3v) is 5.60. The minimum Gasteiger partial charge on any atom is -0.330 e. The molecule has 27 heavy (non-hydrogen) atoms. The maximum absolute atomic E-state index is 11.2. The van der Waals surface area contributed by atoms with Crippen molar-refractivity contribution in [3.8, 4) is 0 Å². The second kappa shape index (κ2) is 8.46. The Balaban J connectivity index is 1.74. The average molecular weight is 466 g/mol. The highest BCUT2D eigenvalue weighted by molar-refractivity contribution is 9.10. The maximum atomic E-state index is 11.2. The Bertz CT molecular complexity index is 1010. The van der Waals surface area contributed by atoms with Gasteiger partial charge in [0, 0.05) is 28.8 Å². The maximum Gasteiger partial charge on any atom is 0.284 e. The number of carbonyl (C=O) groups excluding carboxylic acids is 1. The van der Waals surface area contributed by atoms with Crippen molar-refractivity contribution in [2.75, 3.05) is 10.6 Å². The highest BCUT2D eigenvalue weighted by Gasteiger charge is 2.17. The molecule has 0 bridgehead atoms. The number of aromatic nitrogens is 2. The van der Waals surface area contributed by atoms with Crippen molar-refractivity contribution >= 4 is 67.1 Å². The predicted molar refractivity (Wildman–Crippen MR) is 109 cm³/mol. The number of rotatable bonds is 6. The summed E-state index contributed by atoms with van der Waals surface area (Å²) in [7, 11) is 0. The van der Waals surface area contributed by atoms with E-state index in [2.05, 4.69) is 36.8 Å². The van der Waals surface area contributed by atoms with E-state index in [1.165, 1.54) is 36.1 Å². The van der Waals surface area contributed by atoms with Crippen molar-refractivity contribution in [3.63, 3.8) is 0 Å². The van der Waals surface area contributed by atoms with Crippen LogP contribution < -0.4 is 10.6 Å². The number of halogens is 1. The topological polar surface area (TPSA) is 110 Å². The highest BCUT2D eigenvalue weighted by Crippen LogP contribution is 2.38. The number of benzene rings is 2. The molecule has 0 aliphatic heterocycles. The van der Waals surface area contributed by atoms with Gasteiger partial charge in [0.1, 0.15) is 0 Å². The van der Waals surface area contributed by atoms with E-state index in [1.807, 2.05) is 6.07 Å². The lowest BCUT2D eigenvalue weighted by Gasteiger charge is -2.05. The Morgan fingerprint density at radius 2 is 2.00 bits per heavy atom. The predicted octanol–water partition coefficient (Wildman–Crippen LogP) is 5.06. The molecule has 0 unspecified atom stereocenters. The lowest BCUT2D eigenvalue weighted by Crippen LogP contribution is -2.05. The molecule has 2 N–H and O–H groups in total. The van der Waals surface area contributed by atoms with Crippen LogP contribution in [0.1, 0.15) is 6.92 Å². The van der Waals surface area contributed by atoms with Gasteiger partial charge in [-0.05, 0) is 42.1 Å². The molecular weight excluding hydrogens is 454 g/mol. The van der Waals surface area contributed by atoms with Crippen LogP contribution >= 0.6 is 39.0 Å². The summed E-state index contributed by atoms with van der Waals surface area (Å²) in [6, 6.07) is 12.0. The van der Waals surface area contributed by atoms with E-state index >= 15 is 0 Å². The summed E-state index contributed by atoms with van der Waals surface area (Å²) < 4.78 is 1.21. The first-order valence-corrected chi connectivity index (χ1v) is 9.93. The SMILES string of the molecule is CC(=O)Nc1cccc(Nc2nnc(Sc3ccc(Br)cc3[N+](=O)[O-])s2)c1. The van der Waals surface area contributed by atoms with Gasteiger partial charge in [0.25, 0.3) is 5.69 Å². The van der Waals surface area contributed by atoms with E-state index in [4.69, 9.17) is 0 Å². The average Bonchev–Trinajstić information content (AvgIpc) is 3.03.